The molecule has 0 saturated carbocycles. The number of hydrogen-bond acceptors (Lipinski definition) is 4. The number of amides is 3. The van der Waals surface area contributed by atoms with Crippen molar-refractivity contribution in [1.29, 1.82) is 0 Å². The highest BCUT2D eigenvalue weighted by Gasteiger charge is 2.10. The zero-order valence-corrected chi connectivity index (χ0v) is 17.3. The number of nitrogens with one attached hydrogen (secondary N) is 3. The number of benzene rings is 3. The van der Waals surface area contributed by atoms with Crippen LogP contribution in [0.5, 0.6) is 0 Å². The number of carbonyl (C=O) groups is 2. The van der Waals surface area contributed by atoms with Crippen LogP contribution >= 0.6 is 0 Å². The van der Waals surface area contributed by atoms with E-state index in [2.05, 4.69) is 20.9 Å². The minimum absolute atomic E-state index is 0.158. The SMILES string of the molecule is Cc1cccc2c(=O)n(CC(=O)Nc3ccc(NC(=O)Nc4ccccc4)cc3)cnc12. The Morgan fingerprint density at radius 1 is 0.812 bits per heavy atom. The second-order valence-electron chi connectivity index (χ2n) is 7.22. The highest BCUT2D eigenvalue weighted by Crippen LogP contribution is 2.15. The van der Waals surface area contributed by atoms with Crippen molar-refractivity contribution in [2.45, 2.75) is 13.5 Å². The van der Waals surface area contributed by atoms with Crippen molar-refractivity contribution >= 4 is 39.9 Å². The molecule has 0 saturated heterocycles. The van der Waals surface area contributed by atoms with Crippen LogP contribution in [0.4, 0.5) is 21.9 Å². The molecule has 4 aromatic rings. The summed E-state index contributed by atoms with van der Waals surface area (Å²) >= 11 is 0. The molecule has 0 aliphatic heterocycles. The maximum absolute atomic E-state index is 12.6. The van der Waals surface area contributed by atoms with Gasteiger partial charge in [-0.1, -0.05) is 30.3 Å². The Bertz CT molecular complexity index is 1330. The molecule has 0 atom stereocenters. The number of anilines is 3. The van der Waals surface area contributed by atoms with Gasteiger partial charge in [0.05, 0.1) is 17.2 Å². The summed E-state index contributed by atoms with van der Waals surface area (Å²) in [5.74, 6) is -0.358. The Balaban J connectivity index is 1.37. The molecule has 160 valence electrons. The number of rotatable bonds is 5. The van der Waals surface area contributed by atoms with E-state index in [-0.39, 0.29) is 24.0 Å². The third kappa shape index (κ3) is 4.81. The summed E-state index contributed by atoms with van der Waals surface area (Å²) in [6.45, 7) is 1.73. The molecular weight excluding hydrogens is 406 g/mol. The summed E-state index contributed by atoms with van der Waals surface area (Å²) in [7, 11) is 0. The lowest BCUT2D eigenvalue weighted by molar-refractivity contribution is -0.116. The van der Waals surface area contributed by atoms with Gasteiger partial charge in [0.1, 0.15) is 6.54 Å². The first-order valence-electron chi connectivity index (χ1n) is 9.97. The lowest BCUT2D eigenvalue weighted by atomic mass is 10.1. The Kier molecular flexibility index (Phi) is 5.94. The van der Waals surface area contributed by atoms with E-state index in [1.54, 1.807) is 48.5 Å². The van der Waals surface area contributed by atoms with Gasteiger partial charge in [0, 0.05) is 17.1 Å². The maximum Gasteiger partial charge on any atom is 0.323 e. The van der Waals surface area contributed by atoms with Crippen molar-refractivity contribution in [3.05, 3.63) is 95.0 Å². The molecule has 3 N–H and O–H groups in total. The molecule has 4 rings (SSSR count). The van der Waals surface area contributed by atoms with Crippen molar-refractivity contribution < 1.29 is 9.59 Å². The Morgan fingerprint density at radius 2 is 1.44 bits per heavy atom. The molecule has 0 bridgehead atoms. The molecule has 32 heavy (non-hydrogen) atoms. The van der Waals surface area contributed by atoms with E-state index in [1.165, 1.54) is 10.9 Å². The normalized spacial score (nSPS) is 10.5. The number of hydrogen-bond donors (Lipinski definition) is 3. The van der Waals surface area contributed by atoms with Gasteiger partial charge in [-0.15, -0.1) is 0 Å². The number of carbonyl (C=O) groups excluding carboxylic acids is 2. The molecule has 0 aliphatic rings. The molecule has 1 heterocycles. The predicted molar refractivity (Wildman–Crippen MR) is 125 cm³/mol. The van der Waals surface area contributed by atoms with Crippen molar-refractivity contribution in [2.75, 3.05) is 16.0 Å². The Hall–Kier alpha value is -4.46. The van der Waals surface area contributed by atoms with E-state index in [0.29, 0.717) is 28.0 Å². The third-order valence-electron chi connectivity index (χ3n) is 4.83. The molecule has 0 spiro atoms. The van der Waals surface area contributed by atoms with Gasteiger partial charge >= 0.3 is 6.03 Å². The number of para-hydroxylation sites is 2. The van der Waals surface area contributed by atoms with Crippen LogP contribution in [-0.4, -0.2) is 21.5 Å². The van der Waals surface area contributed by atoms with E-state index in [1.807, 2.05) is 31.2 Å². The van der Waals surface area contributed by atoms with Gasteiger partial charge < -0.3 is 16.0 Å². The Morgan fingerprint density at radius 3 is 2.12 bits per heavy atom. The average molecular weight is 427 g/mol. The zero-order valence-electron chi connectivity index (χ0n) is 17.3. The van der Waals surface area contributed by atoms with Crippen LogP contribution in [-0.2, 0) is 11.3 Å². The van der Waals surface area contributed by atoms with Gasteiger partial charge in [-0.05, 0) is 55.0 Å². The maximum atomic E-state index is 12.6. The predicted octanol–water partition coefficient (Wildman–Crippen LogP) is 3.99. The number of urea groups is 1. The fourth-order valence-electron chi connectivity index (χ4n) is 3.26. The summed E-state index contributed by atoms with van der Waals surface area (Å²) < 4.78 is 1.28. The minimum atomic E-state index is -0.369. The molecule has 1 aromatic heterocycles. The quantitative estimate of drug-likeness (QED) is 0.448. The fourth-order valence-corrected chi connectivity index (χ4v) is 3.26. The van der Waals surface area contributed by atoms with Crippen LogP contribution < -0.4 is 21.5 Å². The lowest BCUT2D eigenvalue weighted by Crippen LogP contribution is -2.28. The lowest BCUT2D eigenvalue weighted by Gasteiger charge is -2.10. The first-order valence-corrected chi connectivity index (χ1v) is 9.97. The summed E-state index contributed by atoms with van der Waals surface area (Å²) in [5.41, 5.74) is 3.07. The highest BCUT2D eigenvalue weighted by molar-refractivity contribution is 6.00. The molecular formula is C24H21N5O3. The van der Waals surface area contributed by atoms with Gasteiger partial charge in [-0.2, -0.15) is 0 Å². The van der Waals surface area contributed by atoms with Gasteiger partial charge in [0.25, 0.3) is 5.56 Å². The zero-order chi connectivity index (χ0) is 22.5. The summed E-state index contributed by atoms with van der Waals surface area (Å²) in [4.78, 5) is 41.4. The second-order valence-corrected chi connectivity index (χ2v) is 7.22. The summed E-state index contributed by atoms with van der Waals surface area (Å²) in [5, 5.41) is 8.67. The summed E-state index contributed by atoms with van der Waals surface area (Å²) in [6.07, 6.45) is 1.38. The number of aromatic nitrogens is 2. The highest BCUT2D eigenvalue weighted by atomic mass is 16.2. The summed E-state index contributed by atoms with van der Waals surface area (Å²) in [6, 6.07) is 20.8. The molecule has 3 aromatic carbocycles. The topological polar surface area (TPSA) is 105 Å². The minimum Gasteiger partial charge on any atom is -0.325 e. The van der Waals surface area contributed by atoms with Crippen LogP contribution in [0.3, 0.4) is 0 Å². The number of nitrogens with zero attached hydrogens (tertiary/aromatic N) is 2. The molecule has 3 amide bonds. The van der Waals surface area contributed by atoms with Gasteiger partial charge in [0.2, 0.25) is 5.91 Å². The molecule has 8 heteroatoms. The largest absolute Gasteiger partial charge is 0.325 e. The fraction of sp³-hybridized carbons (Fsp3) is 0.0833. The molecule has 0 aliphatic carbocycles. The van der Waals surface area contributed by atoms with Gasteiger partial charge in [0.15, 0.2) is 0 Å². The molecule has 0 fully saturated rings. The molecule has 8 nitrogen and oxygen atoms in total. The third-order valence-corrected chi connectivity index (χ3v) is 4.83. The van der Waals surface area contributed by atoms with Crippen molar-refractivity contribution in [3.8, 4) is 0 Å². The van der Waals surface area contributed by atoms with Gasteiger partial charge in [-0.25, -0.2) is 9.78 Å². The first kappa shape index (κ1) is 20.8. The van der Waals surface area contributed by atoms with Crippen molar-refractivity contribution in [2.24, 2.45) is 0 Å². The Labute approximate surface area is 183 Å². The number of fused-ring (bicyclic) bond motifs is 1. The van der Waals surface area contributed by atoms with E-state index in [9.17, 15) is 14.4 Å². The molecule has 0 radical (unpaired) electrons. The van der Waals surface area contributed by atoms with Crippen LogP contribution in [0.25, 0.3) is 10.9 Å². The van der Waals surface area contributed by atoms with E-state index in [0.717, 1.165) is 5.56 Å². The van der Waals surface area contributed by atoms with E-state index < -0.39 is 0 Å². The first-order chi connectivity index (χ1) is 15.5. The van der Waals surface area contributed by atoms with E-state index >= 15 is 0 Å². The van der Waals surface area contributed by atoms with E-state index in [4.69, 9.17) is 0 Å². The average Bonchev–Trinajstić information content (AvgIpc) is 2.78. The van der Waals surface area contributed by atoms with Crippen molar-refractivity contribution in [3.63, 3.8) is 0 Å². The smallest absolute Gasteiger partial charge is 0.323 e. The van der Waals surface area contributed by atoms with Crippen LogP contribution in [0.1, 0.15) is 5.56 Å². The standard InChI is InChI=1S/C24H21N5O3/c1-16-6-5-9-20-22(16)25-15-29(23(20)31)14-21(30)26-18-10-12-19(13-11-18)28-24(32)27-17-7-3-2-4-8-17/h2-13,15H,14H2,1H3,(H,26,30)(H2,27,28,32). The van der Waals surface area contributed by atoms with Crippen LogP contribution in [0.15, 0.2) is 83.9 Å². The number of aryl methyl sites for hydroxylation is 1. The van der Waals surface area contributed by atoms with Crippen LogP contribution in [0.2, 0.25) is 0 Å². The van der Waals surface area contributed by atoms with Crippen molar-refractivity contribution in [1.82, 2.24) is 9.55 Å². The second kappa shape index (κ2) is 9.13. The van der Waals surface area contributed by atoms with Crippen LogP contribution in [0, 0.1) is 6.92 Å². The van der Waals surface area contributed by atoms with Gasteiger partial charge in [-0.3, -0.25) is 14.2 Å². The molecule has 0 unspecified atom stereocenters. The monoisotopic (exact) mass is 427 g/mol.